The Morgan fingerprint density at radius 1 is 0.778 bits per heavy atom. The largest absolute Gasteiger partial charge is 0.335 e. The highest BCUT2D eigenvalue weighted by Gasteiger charge is 2.28. The van der Waals surface area contributed by atoms with Crippen LogP contribution in [0.15, 0.2) is 89.4 Å². The summed E-state index contributed by atoms with van der Waals surface area (Å²) in [7, 11) is 0. The van der Waals surface area contributed by atoms with E-state index in [-0.39, 0.29) is 17.6 Å². The fourth-order valence-corrected chi connectivity index (χ4v) is 4.89. The lowest BCUT2D eigenvalue weighted by molar-refractivity contribution is 0.0535. The van der Waals surface area contributed by atoms with E-state index in [4.69, 9.17) is 0 Å². The first-order valence-corrected chi connectivity index (χ1v) is 12.6. The molecule has 5 rings (SSSR count). The lowest BCUT2D eigenvalue weighted by atomic mass is 10.1. The molecule has 1 saturated heterocycles. The number of carbonyl (C=O) groups excluding carboxylic acids is 2. The van der Waals surface area contributed by atoms with E-state index >= 15 is 0 Å². The van der Waals surface area contributed by atoms with E-state index in [1.165, 1.54) is 12.1 Å². The molecule has 1 aliphatic heterocycles. The van der Waals surface area contributed by atoms with Crippen molar-refractivity contribution in [2.24, 2.45) is 0 Å². The van der Waals surface area contributed by atoms with Crippen LogP contribution in [0.3, 0.4) is 0 Å². The second kappa shape index (κ2) is 10.1. The van der Waals surface area contributed by atoms with E-state index < -0.39 is 0 Å². The highest BCUT2D eigenvalue weighted by Crippen LogP contribution is 2.30. The number of halogens is 2. The van der Waals surface area contributed by atoms with Gasteiger partial charge in [-0.1, -0.05) is 34.1 Å². The van der Waals surface area contributed by atoms with Crippen molar-refractivity contribution in [2.75, 3.05) is 26.2 Å². The SMILES string of the molecule is Cc1c(C(=O)N2CCN(C(=O)c3ccc(Br)cc3)CC2)cc(-c2ccc(F)cc2)n1-c1ccccc1. The van der Waals surface area contributed by atoms with E-state index in [0.717, 1.165) is 27.1 Å². The molecule has 3 aromatic carbocycles. The number of carbonyl (C=O) groups is 2. The summed E-state index contributed by atoms with van der Waals surface area (Å²) >= 11 is 3.39. The van der Waals surface area contributed by atoms with Crippen LogP contribution in [0.1, 0.15) is 26.4 Å². The Bertz CT molecular complexity index is 1390. The molecule has 1 aliphatic rings. The van der Waals surface area contributed by atoms with Gasteiger partial charge in [-0.05, 0) is 79.2 Å². The molecule has 182 valence electrons. The van der Waals surface area contributed by atoms with Gasteiger partial charge in [-0.3, -0.25) is 9.59 Å². The predicted octanol–water partition coefficient (Wildman–Crippen LogP) is 5.95. The Balaban J connectivity index is 1.40. The summed E-state index contributed by atoms with van der Waals surface area (Å²) in [6.07, 6.45) is 0. The van der Waals surface area contributed by atoms with Crippen molar-refractivity contribution < 1.29 is 14.0 Å². The van der Waals surface area contributed by atoms with Crippen LogP contribution in [0.25, 0.3) is 16.9 Å². The normalized spacial score (nSPS) is 13.6. The molecule has 0 saturated carbocycles. The summed E-state index contributed by atoms with van der Waals surface area (Å²) in [6.45, 7) is 3.81. The van der Waals surface area contributed by atoms with Crippen LogP contribution in [0.5, 0.6) is 0 Å². The van der Waals surface area contributed by atoms with Gasteiger partial charge in [0.15, 0.2) is 0 Å². The summed E-state index contributed by atoms with van der Waals surface area (Å²) in [5.74, 6) is -0.402. The molecule has 0 radical (unpaired) electrons. The number of piperazine rings is 1. The predicted molar refractivity (Wildman–Crippen MR) is 142 cm³/mol. The van der Waals surface area contributed by atoms with Crippen molar-refractivity contribution >= 4 is 27.7 Å². The zero-order valence-electron chi connectivity index (χ0n) is 19.8. The maximum absolute atomic E-state index is 13.6. The van der Waals surface area contributed by atoms with Crippen LogP contribution in [-0.4, -0.2) is 52.4 Å². The average Bonchev–Trinajstić information content (AvgIpc) is 3.26. The first kappa shape index (κ1) is 24.0. The van der Waals surface area contributed by atoms with Crippen LogP contribution >= 0.6 is 15.9 Å². The van der Waals surface area contributed by atoms with Crippen LogP contribution in [-0.2, 0) is 0 Å². The van der Waals surface area contributed by atoms with Crippen molar-refractivity contribution in [3.05, 3.63) is 112 Å². The second-order valence-corrected chi connectivity index (χ2v) is 9.71. The van der Waals surface area contributed by atoms with Crippen molar-refractivity contribution in [1.82, 2.24) is 14.4 Å². The smallest absolute Gasteiger partial charge is 0.255 e. The van der Waals surface area contributed by atoms with Crippen LogP contribution in [0.4, 0.5) is 4.39 Å². The molecule has 4 aromatic rings. The van der Waals surface area contributed by atoms with Crippen molar-refractivity contribution in [2.45, 2.75) is 6.92 Å². The second-order valence-electron chi connectivity index (χ2n) is 8.80. The minimum Gasteiger partial charge on any atom is -0.335 e. The third-order valence-electron chi connectivity index (χ3n) is 6.58. The molecule has 36 heavy (non-hydrogen) atoms. The van der Waals surface area contributed by atoms with E-state index in [9.17, 15) is 14.0 Å². The number of para-hydroxylation sites is 1. The maximum atomic E-state index is 13.6. The van der Waals surface area contributed by atoms with Gasteiger partial charge in [0, 0.05) is 47.6 Å². The minimum atomic E-state index is -0.305. The van der Waals surface area contributed by atoms with Crippen molar-refractivity contribution in [3.63, 3.8) is 0 Å². The first-order valence-electron chi connectivity index (χ1n) is 11.8. The molecule has 0 atom stereocenters. The van der Waals surface area contributed by atoms with E-state index in [1.807, 2.05) is 60.0 Å². The lowest BCUT2D eigenvalue weighted by Crippen LogP contribution is -2.50. The Labute approximate surface area is 217 Å². The summed E-state index contributed by atoms with van der Waals surface area (Å²) < 4.78 is 16.6. The van der Waals surface area contributed by atoms with Gasteiger partial charge < -0.3 is 14.4 Å². The molecule has 5 nitrogen and oxygen atoms in total. The van der Waals surface area contributed by atoms with Crippen LogP contribution < -0.4 is 0 Å². The summed E-state index contributed by atoms with van der Waals surface area (Å²) in [4.78, 5) is 30.1. The highest BCUT2D eigenvalue weighted by molar-refractivity contribution is 9.10. The third kappa shape index (κ3) is 4.71. The number of benzene rings is 3. The molecule has 2 heterocycles. The van der Waals surface area contributed by atoms with Gasteiger partial charge in [0.2, 0.25) is 0 Å². The van der Waals surface area contributed by atoms with E-state index in [2.05, 4.69) is 15.9 Å². The molecule has 1 aromatic heterocycles. The number of rotatable bonds is 4. The summed E-state index contributed by atoms with van der Waals surface area (Å²) in [5.41, 5.74) is 4.64. The summed E-state index contributed by atoms with van der Waals surface area (Å²) in [6, 6.07) is 25.3. The van der Waals surface area contributed by atoms with E-state index in [1.54, 1.807) is 34.1 Å². The van der Waals surface area contributed by atoms with Gasteiger partial charge in [-0.25, -0.2) is 4.39 Å². The molecule has 1 fully saturated rings. The molecule has 0 N–H and O–H groups in total. The fraction of sp³-hybridized carbons (Fsp3) is 0.172. The van der Waals surface area contributed by atoms with Gasteiger partial charge >= 0.3 is 0 Å². The van der Waals surface area contributed by atoms with Gasteiger partial charge in [0.05, 0.1) is 11.3 Å². The molecular weight excluding hydrogens is 521 g/mol. The summed E-state index contributed by atoms with van der Waals surface area (Å²) in [5, 5.41) is 0. The van der Waals surface area contributed by atoms with E-state index in [0.29, 0.717) is 37.3 Å². The molecule has 0 bridgehead atoms. The standard InChI is InChI=1S/C29H25BrFN3O2/c1-20-26(19-27(21-9-13-24(31)14-10-21)34(20)25-5-3-2-4-6-25)29(36)33-17-15-32(16-18-33)28(35)22-7-11-23(30)12-8-22/h2-14,19H,15-18H2,1H3. The molecule has 0 aliphatic carbocycles. The lowest BCUT2D eigenvalue weighted by Gasteiger charge is -2.35. The fourth-order valence-electron chi connectivity index (χ4n) is 4.62. The number of hydrogen-bond acceptors (Lipinski definition) is 2. The molecule has 0 spiro atoms. The van der Waals surface area contributed by atoms with Crippen LogP contribution in [0.2, 0.25) is 0 Å². The highest BCUT2D eigenvalue weighted by atomic mass is 79.9. The van der Waals surface area contributed by atoms with Gasteiger partial charge in [-0.2, -0.15) is 0 Å². The number of amides is 2. The number of hydrogen-bond donors (Lipinski definition) is 0. The van der Waals surface area contributed by atoms with Gasteiger partial charge in [-0.15, -0.1) is 0 Å². The Morgan fingerprint density at radius 2 is 1.36 bits per heavy atom. The quantitative estimate of drug-likeness (QED) is 0.318. The zero-order chi connectivity index (χ0) is 25.2. The molecule has 2 amide bonds. The Kier molecular flexibility index (Phi) is 6.74. The molecular formula is C29H25BrFN3O2. The van der Waals surface area contributed by atoms with Crippen molar-refractivity contribution in [1.29, 1.82) is 0 Å². The topological polar surface area (TPSA) is 45.6 Å². The van der Waals surface area contributed by atoms with Crippen molar-refractivity contribution in [3.8, 4) is 16.9 Å². The molecule has 0 unspecified atom stereocenters. The Hall–Kier alpha value is -3.71. The Morgan fingerprint density at radius 3 is 1.97 bits per heavy atom. The monoisotopic (exact) mass is 545 g/mol. The van der Waals surface area contributed by atoms with Gasteiger partial charge in [0.1, 0.15) is 5.82 Å². The minimum absolute atomic E-state index is 0.0281. The zero-order valence-corrected chi connectivity index (χ0v) is 21.4. The number of nitrogens with zero attached hydrogens (tertiary/aromatic N) is 3. The molecule has 7 heteroatoms. The first-order chi connectivity index (χ1) is 17.4. The van der Waals surface area contributed by atoms with Crippen LogP contribution in [0, 0.1) is 12.7 Å². The average molecular weight is 546 g/mol. The third-order valence-corrected chi connectivity index (χ3v) is 7.11. The van der Waals surface area contributed by atoms with Gasteiger partial charge in [0.25, 0.3) is 11.8 Å². The number of aromatic nitrogens is 1. The maximum Gasteiger partial charge on any atom is 0.255 e.